The van der Waals surface area contributed by atoms with Gasteiger partial charge in [0.2, 0.25) is 0 Å². The highest BCUT2D eigenvalue weighted by molar-refractivity contribution is 5.86. The molecule has 17 heavy (non-hydrogen) atoms. The van der Waals surface area contributed by atoms with Crippen LogP contribution < -0.4 is 0 Å². The van der Waals surface area contributed by atoms with Crippen LogP contribution in [0.3, 0.4) is 0 Å². The number of carbonyl (C=O) groups excluding carboxylic acids is 1. The molecule has 0 aliphatic heterocycles. The first kappa shape index (κ1) is 11.8. The summed E-state index contributed by atoms with van der Waals surface area (Å²) in [4.78, 5) is 22.0. The van der Waals surface area contributed by atoms with Crippen LogP contribution in [0, 0.1) is 16.0 Å². The molecule has 2 unspecified atom stereocenters. The SMILES string of the molecule is CC1CCCC(=O)C1c1ccc([N+](=O)[O-])cc1. The summed E-state index contributed by atoms with van der Waals surface area (Å²) in [6.07, 6.45) is 2.64. The lowest BCUT2D eigenvalue weighted by Gasteiger charge is -2.27. The van der Waals surface area contributed by atoms with Gasteiger partial charge in [0.1, 0.15) is 5.78 Å². The molecule has 1 saturated carbocycles. The Bertz CT molecular complexity index is 438. The van der Waals surface area contributed by atoms with Crippen molar-refractivity contribution in [3.63, 3.8) is 0 Å². The second-order valence-electron chi connectivity index (χ2n) is 4.66. The minimum atomic E-state index is -0.421. The third-order valence-electron chi connectivity index (χ3n) is 3.46. The Kier molecular flexibility index (Phi) is 3.22. The molecule has 90 valence electrons. The van der Waals surface area contributed by atoms with Crippen molar-refractivity contribution in [1.82, 2.24) is 0 Å². The summed E-state index contributed by atoms with van der Waals surface area (Å²) in [5.41, 5.74) is 0.984. The molecular formula is C13H15NO3. The standard InChI is InChI=1S/C13H15NO3/c1-9-3-2-4-12(15)13(9)10-5-7-11(8-6-10)14(16)17/h5-9,13H,2-4H2,1H3. The topological polar surface area (TPSA) is 60.2 Å². The fourth-order valence-corrected chi connectivity index (χ4v) is 2.56. The van der Waals surface area contributed by atoms with E-state index >= 15 is 0 Å². The fraction of sp³-hybridized carbons (Fsp3) is 0.462. The van der Waals surface area contributed by atoms with Gasteiger partial charge in [0, 0.05) is 24.5 Å². The number of hydrogen-bond donors (Lipinski definition) is 0. The first-order valence-corrected chi connectivity index (χ1v) is 5.86. The lowest BCUT2D eigenvalue weighted by Crippen LogP contribution is -2.24. The number of non-ortho nitro benzene ring substituents is 1. The summed E-state index contributed by atoms with van der Waals surface area (Å²) in [5.74, 6) is 0.514. The van der Waals surface area contributed by atoms with E-state index in [0.29, 0.717) is 12.3 Å². The van der Waals surface area contributed by atoms with Gasteiger partial charge in [0.05, 0.1) is 4.92 Å². The van der Waals surface area contributed by atoms with Gasteiger partial charge in [-0.05, 0) is 24.3 Å². The Balaban J connectivity index is 2.26. The van der Waals surface area contributed by atoms with Crippen LogP contribution in [-0.4, -0.2) is 10.7 Å². The molecule has 2 atom stereocenters. The Morgan fingerprint density at radius 1 is 1.29 bits per heavy atom. The van der Waals surface area contributed by atoms with E-state index in [0.717, 1.165) is 18.4 Å². The zero-order valence-electron chi connectivity index (χ0n) is 9.76. The van der Waals surface area contributed by atoms with Crippen molar-refractivity contribution in [1.29, 1.82) is 0 Å². The number of ketones is 1. The van der Waals surface area contributed by atoms with Crippen molar-refractivity contribution in [2.75, 3.05) is 0 Å². The molecular weight excluding hydrogens is 218 g/mol. The lowest BCUT2D eigenvalue weighted by molar-refractivity contribution is -0.384. The second-order valence-corrected chi connectivity index (χ2v) is 4.66. The number of benzene rings is 1. The minimum absolute atomic E-state index is 0.0738. The van der Waals surface area contributed by atoms with Gasteiger partial charge in [-0.15, -0.1) is 0 Å². The smallest absolute Gasteiger partial charge is 0.269 e. The number of nitrogens with zero attached hydrogens (tertiary/aromatic N) is 1. The summed E-state index contributed by atoms with van der Waals surface area (Å²) in [5, 5.41) is 10.6. The molecule has 0 aromatic heterocycles. The van der Waals surface area contributed by atoms with Crippen LogP contribution in [0.1, 0.15) is 37.7 Å². The highest BCUT2D eigenvalue weighted by atomic mass is 16.6. The Morgan fingerprint density at radius 3 is 2.47 bits per heavy atom. The average Bonchev–Trinajstić information content (AvgIpc) is 2.29. The van der Waals surface area contributed by atoms with Gasteiger partial charge in [0.15, 0.2) is 0 Å². The summed E-state index contributed by atoms with van der Waals surface area (Å²) in [7, 11) is 0. The van der Waals surface area contributed by atoms with Crippen LogP contribution in [0.25, 0.3) is 0 Å². The fourth-order valence-electron chi connectivity index (χ4n) is 2.56. The quantitative estimate of drug-likeness (QED) is 0.582. The summed E-state index contributed by atoms with van der Waals surface area (Å²) >= 11 is 0. The van der Waals surface area contributed by atoms with Crippen molar-refractivity contribution in [3.05, 3.63) is 39.9 Å². The van der Waals surface area contributed by atoms with Gasteiger partial charge < -0.3 is 0 Å². The van der Waals surface area contributed by atoms with Gasteiger partial charge in [-0.2, -0.15) is 0 Å². The van der Waals surface area contributed by atoms with E-state index in [1.807, 2.05) is 0 Å². The highest BCUT2D eigenvalue weighted by Crippen LogP contribution is 2.35. The molecule has 0 amide bonds. The Morgan fingerprint density at radius 2 is 1.94 bits per heavy atom. The third kappa shape index (κ3) is 2.35. The molecule has 4 nitrogen and oxygen atoms in total. The third-order valence-corrected chi connectivity index (χ3v) is 3.46. The zero-order chi connectivity index (χ0) is 12.4. The van der Waals surface area contributed by atoms with E-state index in [9.17, 15) is 14.9 Å². The first-order chi connectivity index (χ1) is 8.09. The normalized spacial score (nSPS) is 24.6. The number of nitro benzene ring substituents is 1. The number of nitro groups is 1. The molecule has 1 fully saturated rings. The molecule has 0 saturated heterocycles. The van der Waals surface area contributed by atoms with Crippen LogP contribution in [0.5, 0.6) is 0 Å². The lowest BCUT2D eigenvalue weighted by atomic mass is 9.75. The van der Waals surface area contributed by atoms with Crippen LogP contribution in [0.2, 0.25) is 0 Å². The van der Waals surface area contributed by atoms with Crippen molar-refractivity contribution in [3.8, 4) is 0 Å². The Hall–Kier alpha value is -1.71. The molecule has 1 aromatic rings. The van der Waals surface area contributed by atoms with E-state index < -0.39 is 4.92 Å². The molecule has 2 rings (SSSR count). The van der Waals surface area contributed by atoms with Gasteiger partial charge >= 0.3 is 0 Å². The highest BCUT2D eigenvalue weighted by Gasteiger charge is 2.30. The van der Waals surface area contributed by atoms with Crippen molar-refractivity contribution in [2.24, 2.45) is 5.92 Å². The van der Waals surface area contributed by atoms with Crippen molar-refractivity contribution < 1.29 is 9.72 Å². The number of carbonyl (C=O) groups is 1. The predicted octanol–water partition coefficient (Wildman–Crippen LogP) is 3.07. The number of hydrogen-bond acceptors (Lipinski definition) is 3. The first-order valence-electron chi connectivity index (χ1n) is 5.86. The summed E-state index contributed by atoms with van der Waals surface area (Å²) < 4.78 is 0. The maximum absolute atomic E-state index is 11.9. The van der Waals surface area contributed by atoms with E-state index in [1.165, 1.54) is 12.1 Å². The van der Waals surface area contributed by atoms with Crippen molar-refractivity contribution >= 4 is 11.5 Å². The van der Waals surface area contributed by atoms with Crippen LogP contribution in [0.4, 0.5) is 5.69 Å². The second kappa shape index (κ2) is 4.65. The van der Waals surface area contributed by atoms with E-state index in [-0.39, 0.29) is 17.4 Å². The molecule has 0 heterocycles. The van der Waals surface area contributed by atoms with Gasteiger partial charge in [-0.1, -0.05) is 19.1 Å². The summed E-state index contributed by atoms with van der Waals surface area (Å²) in [6, 6.07) is 6.37. The number of Topliss-reactive ketones (excluding diaryl/α,β-unsaturated/α-hetero) is 1. The van der Waals surface area contributed by atoms with Crippen molar-refractivity contribution in [2.45, 2.75) is 32.1 Å². The predicted molar refractivity (Wildman–Crippen MR) is 63.9 cm³/mol. The van der Waals surface area contributed by atoms with Gasteiger partial charge in [0.25, 0.3) is 5.69 Å². The van der Waals surface area contributed by atoms with E-state index in [4.69, 9.17) is 0 Å². The molecule has 0 bridgehead atoms. The molecule has 1 aromatic carbocycles. The molecule has 1 aliphatic carbocycles. The van der Waals surface area contributed by atoms with Crippen LogP contribution in [0.15, 0.2) is 24.3 Å². The number of rotatable bonds is 2. The molecule has 0 radical (unpaired) electrons. The zero-order valence-corrected chi connectivity index (χ0v) is 9.76. The maximum Gasteiger partial charge on any atom is 0.269 e. The average molecular weight is 233 g/mol. The van der Waals surface area contributed by atoms with E-state index in [1.54, 1.807) is 12.1 Å². The molecule has 0 spiro atoms. The van der Waals surface area contributed by atoms with E-state index in [2.05, 4.69) is 6.92 Å². The van der Waals surface area contributed by atoms with Gasteiger partial charge in [-0.25, -0.2) is 0 Å². The minimum Gasteiger partial charge on any atom is -0.299 e. The van der Waals surface area contributed by atoms with Crippen LogP contribution in [-0.2, 0) is 4.79 Å². The largest absolute Gasteiger partial charge is 0.299 e. The molecule has 4 heteroatoms. The molecule has 0 N–H and O–H groups in total. The maximum atomic E-state index is 11.9. The molecule has 1 aliphatic rings. The van der Waals surface area contributed by atoms with Crippen LogP contribution >= 0.6 is 0 Å². The van der Waals surface area contributed by atoms with Gasteiger partial charge in [-0.3, -0.25) is 14.9 Å². The summed E-state index contributed by atoms with van der Waals surface area (Å²) in [6.45, 7) is 2.07. The monoisotopic (exact) mass is 233 g/mol. The Labute approximate surface area is 99.8 Å².